The second kappa shape index (κ2) is 21.5. The molecule has 0 radical (unpaired) electrons. The first-order valence-corrected chi connectivity index (χ1v) is 17.3. The van der Waals surface area contributed by atoms with Crippen molar-refractivity contribution in [2.24, 2.45) is 0 Å². The average Bonchev–Trinajstić information content (AvgIpc) is 3.14. The largest absolute Gasteiger partial charge is 0.378 e. The summed E-state index contributed by atoms with van der Waals surface area (Å²) in [6, 6.07) is 24.0. The number of ether oxygens (including phenoxy) is 6. The van der Waals surface area contributed by atoms with Crippen molar-refractivity contribution in [1.29, 1.82) is 0 Å². The lowest BCUT2D eigenvalue weighted by Crippen LogP contribution is -2.33. The molecule has 0 unspecified atom stereocenters. The van der Waals surface area contributed by atoms with Crippen molar-refractivity contribution in [3.63, 3.8) is 0 Å². The molecular weight excluding hydrogens is 636 g/mol. The van der Waals surface area contributed by atoms with Gasteiger partial charge in [0.05, 0.1) is 112 Å². The van der Waals surface area contributed by atoms with Crippen molar-refractivity contribution in [3.05, 3.63) is 95.6 Å². The van der Waals surface area contributed by atoms with Crippen LogP contribution in [0.1, 0.15) is 22.8 Å². The van der Waals surface area contributed by atoms with E-state index < -0.39 is 0 Å². The van der Waals surface area contributed by atoms with E-state index in [4.69, 9.17) is 48.4 Å². The van der Waals surface area contributed by atoms with Gasteiger partial charge in [0, 0.05) is 53.5 Å². The highest BCUT2D eigenvalue weighted by Gasteiger charge is 2.12. The fraction of sp³-hybridized carbons (Fsp3) is 0.474. The lowest BCUT2D eigenvalue weighted by molar-refractivity contribution is 0.00600. The van der Waals surface area contributed by atoms with E-state index in [0.29, 0.717) is 79.2 Å². The molecule has 0 amide bonds. The summed E-state index contributed by atoms with van der Waals surface area (Å²) in [6.07, 6.45) is 0. The molecule has 1 saturated heterocycles. The molecule has 1 aliphatic rings. The molecule has 5 heterocycles. The number of aromatic nitrogens is 4. The Morgan fingerprint density at radius 2 is 0.740 bits per heavy atom. The van der Waals surface area contributed by atoms with E-state index in [1.165, 1.54) is 0 Å². The minimum absolute atomic E-state index is 0.466. The SMILES string of the molecule is COCc1cccc(-c2cccc(CN3CCOCCOCCN(Cc4cccc(-c5cccc(COC)n5)n4)CCOCCOCC3)n2)n1. The van der Waals surface area contributed by atoms with Crippen molar-refractivity contribution in [3.8, 4) is 22.8 Å². The number of rotatable bonds is 10. The first-order valence-electron chi connectivity index (χ1n) is 17.3. The van der Waals surface area contributed by atoms with Gasteiger partial charge in [0.15, 0.2) is 0 Å². The summed E-state index contributed by atoms with van der Waals surface area (Å²) in [6.45, 7) is 9.76. The zero-order chi connectivity index (χ0) is 34.6. The third-order valence-electron chi connectivity index (χ3n) is 8.06. The average molecular weight is 687 g/mol. The predicted octanol–water partition coefficient (Wildman–Crippen LogP) is 4.28. The number of hydrogen-bond donors (Lipinski definition) is 0. The molecular formula is C38H50N6O6. The minimum Gasteiger partial charge on any atom is -0.378 e. The molecule has 0 saturated carbocycles. The van der Waals surface area contributed by atoms with Crippen molar-refractivity contribution < 1.29 is 28.4 Å². The highest BCUT2D eigenvalue weighted by molar-refractivity contribution is 5.55. The van der Waals surface area contributed by atoms with Gasteiger partial charge in [-0.05, 0) is 48.5 Å². The number of pyridine rings is 4. The van der Waals surface area contributed by atoms with Crippen molar-refractivity contribution in [2.75, 3.05) is 93.3 Å². The van der Waals surface area contributed by atoms with Crippen LogP contribution in [0.3, 0.4) is 0 Å². The van der Waals surface area contributed by atoms with Crippen LogP contribution in [-0.2, 0) is 54.7 Å². The predicted molar refractivity (Wildman–Crippen MR) is 190 cm³/mol. The second-order valence-electron chi connectivity index (χ2n) is 11.9. The van der Waals surface area contributed by atoms with Gasteiger partial charge in [-0.1, -0.05) is 24.3 Å². The van der Waals surface area contributed by atoms with E-state index in [0.717, 1.165) is 71.7 Å². The Morgan fingerprint density at radius 3 is 1.06 bits per heavy atom. The molecule has 0 aromatic carbocycles. The zero-order valence-electron chi connectivity index (χ0n) is 29.4. The molecule has 5 rings (SSSR count). The first kappa shape index (κ1) is 37.5. The van der Waals surface area contributed by atoms with E-state index in [-0.39, 0.29) is 0 Å². The lowest BCUT2D eigenvalue weighted by Gasteiger charge is -2.23. The maximum absolute atomic E-state index is 5.97. The van der Waals surface area contributed by atoms with Gasteiger partial charge >= 0.3 is 0 Å². The molecule has 12 nitrogen and oxygen atoms in total. The molecule has 1 aliphatic heterocycles. The van der Waals surface area contributed by atoms with Gasteiger partial charge in [0.25, 0.3) is 0 Å². The van der Waals surface area contributed by atoms with Crippen LogP contribution >= 0.6 is 0 Å². The van der Waals surface area contributed by atoms with Crippen LogP contribution in [-0.4, -0.2) is 123 Å². The molecule has 0 N–H and O–H groups in total. The van der Waals surface area contributed by atoms with Crippen LogP contribution in [0.15, 0.2) is 72.8 Å². The summed E-state index contributed by atoms with van der Waals surface area (Å²) in [5.74, 6) is 0. The summed E-state index contributed by atoms with van der Waals surface area (Å²) >= 11 is 0. The Hall–Kier alpha value is -3.72. The summed E-state index contributed by atoms with van der Waals surface area (Å²) < 4.78 is 34.4. The standard InChI is InChI=1S/C38H50N6O6/c1-45-29-33-9-5-13-37(41-33)35-11-3-7-31(39-35)27-43-15-19-47-23-25-49-21-17-44(18-22-50-26-24-48-20-16-43)28-32-8-4-12-36(40-32)38-14-6-10-34(42-38)30-46-2/h3-14H,15-30H2,1-2H3. The van der Waals surface area contributed by atoms with E-state index in [1.54, 1.807) is 14.2 Å². The third-order valence-corrected chi connectivity index (χ3v) is 8.06. The van der Waals surface area contributed by atoms with Crippen molar-refractivity contribution in [2.45, 2.75) is 26.3 Å². The summed E-state index contributed by atoms with van der Waals surface area (Å²) in [4.78, 5) is 23.8. The summed E-state index contributed by atoms with van der Waals surface area (Å²) in [5, 5.41) is 0. The van der Waals surface area contributed by atoms with E-state index in [9.17, 15) is 0 Å². The molecule has 12 heteroatoms. The van der Waals surface area contributed by atoms with Gasteiger partial charge < -0.3 is 28.4 Å². The Kier molecular flexibility index (Phi) is 16.1. The Labute approximate surface area is 295 Å². The summed E-state index contributed by atoms with van der Waals surface area (Å²) in [7, 11) is 3.34. The first-order chi connectivity index (χ1) is 24.7. The van der Waals surface area contributed by atoms with E-state index >= 15 is 0 Å². The molecule has 4 aromatic rings. The minimum atomic E-state index is 0.466. The normalized spacial score (nSPS) is 16.8. The summed E-state index contributed by atoms with van der Waals surface area (Å²) in [5.41, 5.74) is 7.04. The topological polar surface area (TPSA) is 113 Å². The number of hydrogen-bond acceptors (Lipinski definition) is 12. The maximum atomic E-state index is 5.97. The van der Waals surface area contributed by atoms with Crippen LogP contribution in [0.25, 0.3) is 22.8 Å². The lowest BCUT2D eigenvalue weighted by atomic mass is 10.2. The van der Waals surface area contributed by atoms with Crippen LogP contribution in [0.2, 0.25) is 0 Å². The smallest absolute Gasteiger partial charge is 0.0890 e. The molecule has 50 heavy (non-hydrogen) atoms. The molecule has 1 fully saturated rings. The van der Waals surface area contributed by atoms with Gasteiger partial charge in [-0.15, -0.1) is 0 Å². The second-order valence-corrected chi connectivity index (χ2v) is 11.9. The third kappa shape index (κ3) is 12.9. The highest BCUT2D eigenvalue weighted by atomic mass is 16.5. The monoisotopic (exact) mass is 686 g/mol. The fourth-order valence-corrected chi connectivity index (χ4v) is 5.54. The zero-order valence-corrected chi connectivity index (χ0v) is 29.4. The van der Waals surface area contributed by atoms with Gasteiger partial charge in [-0.3, -0.25) is 9.80 Å². The quantitative estimate of drug-likeness (QED) is 0.237. The Morgan fingerprint density at radius 1 is 0.440 bits per heavy atom. The Balaban J connectivity index is 1.11. The van der Waals surface area contributed by atoms with Gasteiger partial charge in [0.1, 0.15) is 0 Å². The molecule has 4 aromatic heterocycles. The van der Waals surface area contributed by atoms with E-state index in [2.05, 4.69) is 9.80 Å². The van der Waals surface area contributed by atoms with Gasteiger partial charge in [0.2, 0.25) is 0 Å². The molecule has 0 aliphatic carbocycles. The number of nitrogens with zero attached hydrogens (tertiary/aromatic N) is 6. The van der Waals surface area contributed by atoms with Crippen LogP contribution in [0, 0.1) is 0 Å². The molecule has 0 bridgehead atoms. The molecule has 268 valence electrons. The van der Waals surface area contributed by atoms with Crippen LogP contribution < -0.4 is 0 Å². The van der Waals surface area contributed by atoms with Gasteiger partial charge in [-0.2, -0.15) is 0 Å². The van der Waals surface area contributed by atoms with Crippen LogP contribution in [0.4, 0.5) is 0 Å². The van der Waals surface area contributed by atoms with E-state index in [1.807, 2.05) is 72.8 Å². The fourth-order valence-electron chi connectivity index (χ4n) is 5.54. The maximum Gasteiger partial charge on any atom is 0.0890 e. The highest BCUT2D eigenvalue weighted by Crippen LogP contribution is 2.18. The number of methoxy groups -OCH3 is 2. The molecule has 0 spiro atoms. The van der Waals surface area contributed by atoms with Crippen molar-refractivity contribution >= 4 is 0 Å². The van der Waals surface area contributed by atoms with Gasteiger partial charge in [-0.25, -0.2) is 19.9 Å². The van der Waals surface area contributed by atoms with Crippen LogP contribution in [0.5, 0.6) is 0 Å². The Bertz CT molecular complexity index is 1430. The van der Waals surface area contributed by atoms with Crippen molar-refractivity contribution in [1.82, 2.24) is 29.7 Å². The molecule has 0 atom stereocenters.